The molecule has 1 aromatic heterocycles. The Bertz CT molecular complexity index is 428. The SMILES string of the molecule is CNc1cnc(C(=O)NCC(C)N2CCCCC2)cn1. The van der Waals surface area contributed by atoms with Gasteiger partial charge in [0.1, 0.15) is 11.5 Å². The van der Waals surface area contributed by atoms with Gasteiger partial charge in [-0.05, 0) is 32.9 Å². The van der Waals surface area contributed by atoms with Crippen LogP contribution in [0, 0.1) is 0 Å². The van der Waals surface area contributed by atoms with Crippen molar-refractivity contribution in [2.75, 3.05) is 32.0 Å². The Kier molecular flexibility index (Phi) is 5.29. The van der Waals surface area contributed by atoms with Crippen LogP contribution in [-0.2, 0) is 0 Å². The Balaban J connectivity index is 1.81. The minimum Gasteiger partial charge on any atom is -0.372 e. The zero-order valence-electron chi connectivity index (χ0n) is 12.2. The molecule has 0 radical (unpaired) electrons. The van der Waals surface area contributed by atoms with E-state index in [2.05, 4.69) is 32.4 Å². The number of nitrogens with one attached hydrogen (secondary N) is 2. The van der Waals surface area contributed by atoms with Gasteiger partial charge >= 0.3 is 0 Å². The van der Waals surface area contributed by atoms with E-state index < -0.39 is 0 Å². The van der Waals surface area contributed by atoms with Crippen molar-refractivity contribution >= 4 is 11.7 Å². The molecular formula is C14H23N5O. The average Bonchev–Trinajstić information content (AvgIpc) is 2.53. The largest absolute Gasteiger partial charge is 0.372 e. The van der Waals surface area contributed by atoms with Crippen LogP contribution in [0.2, 0.25) is 0 Å². The number of hydrogen-bond donors (Lipinski definition) is 2. The first-order valence-electron chi connectivity index (χ1n) is 7.22. The molecule has 0 aliphatic carbocycles. The lowest BCUT2D eigenvalue weighted by atomic mass is 10.1. The summed E-state index contributed by atoms with van der Waals surface area (Å²) in [6.45, 7) is 5.07. The molecule has 2 N–H and O–H groups in total. The summed E-state index contributed by atoms with van der Waals surface area (Å²) < 4.78 is 0. The molecule has 110 valence electrons. The first-order valence-corrected chi connectivity index (χ1v) is 7.22. The highest BCUT2D eigenvalue weighted by Crippen LogP contribution is 2.11. The topological polar surface area (TPSA) is 70.2 Å². The molecule has 1 fully saturated rings. The minimum atomic E-state index is -0.163. The number of nitrogens with zero attached hydrogens (tertiary/aromatic N) is 3. The van der Waals surface area contributed by atoms with Crippen LogP contribution in [0.25, 0.3) is 0 Å². The second-order valence-corrected chi connectivity index (χ2v) is 5.19. The quantitative estimate of drug-likeness (QED) is 0.844. The molecule has 1 aliphatic rings. The Morgan fingerprint density at radius 3 is 2.65 bits per heavy atom. The number of piperidine rings is 1. The van der Waals surface area contributed by atoms with Crippen molar-refractivity contribution in [3.63, 3.8) is 0 Å². The van der Waals surface area contributed by atoms with Gasteiger partial charge < -0.3 is 10.6 Å². The molecule has 1 amide bonds. The van der Waals surface area contributed by atoms with Gasteiger partial charge in [-0.1, -0.05) is 6.42 Å². The lowest BCUT2D eigenvalue weighted by Gasteiger charge is -2.32. The fourth-order valence-corrected chi connectivity index (χ4v) is 2.39. The lowest BCUT2D eigenvalue weighted by Crippen LogP contribution is -2.44. The van der Waals surface area contributed by atoms with Crippen molar-refractivity contribution in [2.24, 2.45) is 0 Å². The van der Waals surface area contributed by atoms with Gasteiger partial charge in [0.2, 0.25) is 0 Å². The highest BCUT2D eigenvalue weighted by molar-refractivity contribution is 5.92. The van der Waals surface area contributed by atoms with Crippen molar-refractivity contribution in [1.82, 2.24) is 20.2 Å². The molecule has 6 nitrogen and oxygen atoms in total. The Morgan fingerprint density at radius 1 is 1.30 bits per heavy atom. The molecule has 1 aliphatic heterocycles. The van der Waals surface area contributed by atoms with Crippen LogP contribution in [0.4, 0.5) is 5.82 Å². The number of likely N-dealkylation sites (tertiary alicyclic amines) is 1. The molecule has 2 heterocycles. The number of carbonyl (C=O) groups is 1. The summed E-state index contributed by atoms with van der Waals surface area (Å²) in [6, 6.07) is 0.365. The standard InChI is InChI=1S/C14H23N5O/c1-11(19-6-4-3-5-7-19)8-18-14(20)12-9-17-13(15-2)10-16-12/h9-11H,3-8H2,1-2H3,(H,15,17)(H,18,20). The first-order chi connectivity index (χ1) is 9.70. The van der Waals surface area contributed by atoms with Crippen LogP contribution in [0.1, 0.15) is 36.7 Å². The third-order valence-electron chi connectivity index (χ3n) is 3.71. The van der Waals surface area contributed by atoms with Crippen LogP contribution >= 0.6 is 0 Å². The monoisotopic (exact) mass is 277 g/mol. The van der Waals surface area contributed by atoms with Crippen molar-refractivity contribution in [1.29, 1.82) is 0 Å². The predicted octanol–water partition coefficient (Wildman–Crippen LogP) is 1.12. The lowest BCUT2D eigenvalue weighted by molar-refractivity contribution is 0.0924. The highest BCUT2D eigenvalue weighted by atomic mass is 16.1. The smallest absolute Gasteiger partial charge is 0.271 e. The maximum absolute atomic E-state index is 12.0. The number of amides is 1. The van der Waals surface area contributed by atoms with Gasteiger partial charge in [0, 0.05) is 19.6 Å². The molecule has 6 heteroatoms. The predicted molar refractivity (Wildman–Crippen MR) is 78.8 cm³/mol. The van der Waals surface area contributed by atoms with E-state index in [9.17, 15) is 4.79 Å². The maximum atomic E-state index is 12.0. The zero-order valence-corrected chi connectivity index (χ0v) is 12.2. The van der Waals surface area contributed by atoms with Crippen LogP contribution in [0.5, 0.6) is 0 Å². The van der Waals surface area contributed by atoms with Gasteiger partial charge in [0.05, 0.1) is 12.4 Å². The summed E-state index contributed by atoms with van der Waals surface area (Å²) in [5.74, 6) is 0.493. The zero-order chi connectivity index (χ0) is 14.4. The van der Waals surface area contributed by atoms with E-state index in [1.807, 2.05) is 0 Å². The van der Waals surface area contributed by atoms with E-state index >= 15 is 0 Å². The van der Waals surface area contributed by atoms with Gasteiger partial charge in [-0.25, -0.2) is 9.97 Å². The molecule has 0 aromatic carbocycles. The van der Waals surface area contributed by atoms with Crippen LogP contribution < -0.4 is 10.6 Å². The molecule has 0 bridgehead atoms. The van der Waals surface area contributed by atoms with Gasteiger partial charge in [-0.2, -0.15) is 0 Å². The number of hydrogen-bond acceptors (Lipinski definition) is 5. The normalized spacial score (nSPS) is 17.5. The number of rotatable bonds is 5. The van der Waals surface area contributed by atoms with Gasteiger partial charge in [0.25, 0.3) is 5.91 Å². The summed E-state index contributed by atoms with van der Waals surface area (Å²) in [6.07, 6.45) is 6.89. The number of anilines is 1. The fourth-order valence-electron chi connectivity index (χ4n) is 2.39. The number of aromatic nitrogens is 2. The van der Waals surface area contributed by atoms with E-state index in [0.29, 0.717) is 24.1 Å². The van der Waals surface area contributed by atoms with E-state index in [4.69, 9.17) is 0 Å². The van der Waals surface area contributed by atoms with Gasteiger partial charge in [-0.15, -0.1) is 0 Å². The van der Waals surface area contributed by atoms with Gasteiger partial charge in [-0.3, -0.25) is 9.69 Å². The summed E-state index contributed by atoms with van der Waals surface area (Å²) in [7, 11) is 1.77. The molecule has 0 saturated carbocycles. The van der Waals surface area contributed by atoms with Crippen LogP contribution in [0.15, 0.2) is 12.4 Å². The Hall–Kier alpha value is -1.69. The van der Waals surface area contributed by atoms with Crippen LogP contribution in [0.3, 0.4) is 0 Å². The molecule has 20 heavy (non-hydrogen) atoms. The third-order valence-corrected chi connectivity index (χ3v) is 3.71. The Labute approximate surface area is 120 Å². The Morgan fingerprint density at radius 2 is 2.05 bits per heavy atom. The van der Waals surface area contributed by atoms with Crippen molar-refractivity contribution < 1.29 is 4.79 Å². The molecule has 0 spiro atoms. The van der Waals surface area contributed by atoms with Crippen molar-refractivity contribution in [3.8, 4) is 0 Å². The second-order valence-electron chi connectivity index (χ2n) is 5.19. The molecule has 1 atom stereocenters. The fraction of sp³-hybridized carbons (Fsp3) is 0.643. The van der Waals surface area contributed by atoms with E-state index in [1.54, 1.807) is 13.2 Å². The van der Waals surface area contributed by atoms with E-state index in [-0.39, 0.29) is 5.91 Å². The van der Waals surface area contributed by atoms with E-state index in [1.165, 1.54) is 25.5 Å². The molecular weight excluding hydrogens is 254 g/mol. The van der Waals surface area contributed by atoms with Crippen molar-refractivity contribution in [3.05, 3.63) is 18.1 Å². The summed E-state index contributed by atoms with van der Waals surface area (Å²) in [5, 5.41) is 5.80. The van der Waals surface area contributed by atoms with E-state index in [0.717, 1.165) is 13.1 Å². The molecule has 2 rings (SSSR count). The summed E-state index contributed by atoms with van der Waals surface area (Å²) in [4.78, 5) is 22.6. The van der Waals surface area contributed by atoms with Gasteiger partial charge in [0.15, 0.2) is 0 Å². The second kappa shape index (κ2) is 7.19. The number of carbonyl (C=O) groups excluding carboxylic acids is 1. The maximum Gasteiger partial charge on any atom is 0.271 e. The minimum absolute atomic E-state index is 0.163. The first kappa shape index (κ1) is 14.7. The van der Waals surface area contributed by atoms with Crippen molar-refractivity contribution in [2.45, 2.75) is 32.2 Å². The molecule has 1 unspecified atom stereocenters. The summed E-state index contributed by atoms with van der Waals surface area (Å²) >= 11 is 0. The highest BCUT2D eigenvalue weighted by Gasteiger charge is 2.17. The molecule has 1 saturated heterocycles. The molecule has 1 aromatic rings. The van der Waals surface area contributed by atoms with Crippen LogP contribution in [-0.4, -0.2) is 53.5 Å². The third kappa shape index (κ3) is 3.90. The summed E-state index contributed by atoms with van der Waals surface area (Å²) in [5.41, 5.74) is 0.356. The average molecular weight is 277 g/mol.